The van der Waals surface area contributed by atoms with Crippen molar-refractivity contribution in [1.82, 2.24) is 5.32 Å². The molecule has 17 heavy (non-hydrogen) atoms. The molecular formula is C11H13FN2O3. The molecule has 0 aliphatic heterocycles. The van der Waals surface area contributed by atoms with E-state index in [9.17, 15) is 14.5 Å². The number of nitro groups is 1. The largest absolute Gasteiger partial charge is 0.486 e. The average Bonchev–Trinajstić information content (AvgIpc) is 2.27. The smallest absolute Gasteiger partial charge is 0.272 e. The molecule has 0 saturated carbocycles. The molecule has 0 spiro atoms. The zero-order valence-corrected chi connectivity index (χ0v) is 9.40. The van der Waals surface area contributed by atoms with Crippen molar-refractivity contribution >= 4 is 5.69 Å². The second-order valence-corrected chi connectivity index (χ2v) is 3.44. The Morgan fingerprint density at radius 2 is 2.35 bits per heavy atom. The van der Waals surface area contributed by atoms with Crippen molar-refractivity contribution in [2.45, 2.75) is 0 Å². The van der Waals surface area contributed by atoms with Gasteiger partial charge in [0.15, 0.2) is 11.6 Å². The van der Waals surface area contributed by atoms with E-state index in [0.717, 1.165) is 11.6 Å². The molecule has 0 radical (unpaired) electrons. The Bertz CT molecular complexity index is 435. The zero-order chi connectivity index (χ0) is 12.8. The fourth-order valence-electron chi connectivity index (χ4n) is 1.20. The molecule has 0 aromatic heterocycles. The minimum Gasteiger partial charge on any atom is -0.486 e. The van der Waals surface area contributed by atoms with Crippen molar-refractivity contribution in [2.75, 3.05) is 20.2 Å². The number of nitrogens with one attached hydrogen (secondary N) is 1. The lowest BCUT2D eigenvalue weighted by atomic mass is 10.3. The first-order valence-corrected chi connectivity index (χ1v) is 4.92. The summed E-state index contributed by atoms with van der Waals surface area (Å²) < 4.78 is 18.5. The first kappa shape index (κ1) is 13.1. The number of nitrogens with zero attached hydrogens (tertiary/aromatic N) is 1. The third kappa shape index (κ3) is 3.84. The Hall–Kier alpha value is -1.95. The molecule has 1 aromatic rings. The number of benzene rings is 1. The molecule has 0 fully saturated rings. The second-order valence-electron chi connectivity index (χ2n) is 3.44. The van der Waals surface area contributed by atoms with Gasteiger partial charge in [-0.1, -0.05) is 6.58 Å². The molecule has 0 aliphatic rings. The van der Waals surface area contributed by atoms with Gasteiger partial charge in [-0.05, 0) is 18.7 Å². The Morgan fingerprint density at radius 3 is 2.88 bits per heavy atom. The SMILES string of the molecule is C=C(CNC)COc1ccc([N+](=O)[O-])cc1F. The topological polar surface area (TPSA) is 64.4 Å². The molecule has 0 atom stereocenters. The fourth-order valence-corrected chi connectivity index (χ4v) is 1.20. The van der Waals surface area contributed by atoms with Crippen LogP contribution in [-0.4, -0.2) is 25.1 Å². The summed E-state index contributed by atoms with van der Waals surface area (Å²) >= 11 is 0. The van der Waals surface area contributed by atoms with Crippen LogP contribution in [0.2, 0.25) is 0 Å². The Kier molecular flexibility index (Phi) is 4.59. The van der Waals surface area contributed by atoms with Crippen LogP contribution in [0, 0.1) is 15.9 Å². The van der Waals surface area contributed by atoms with E-state index in [1.807, 2.05) is 0 Å². The first-order valence-electron chi connectivity index (χ1n) is 4.92. The Morgan fingerprint density at radius 1 is 1.65 bits per heavy atom. The minimum absolute atomic E-state index is 0.0205. The molecular weight excluding hydrogens is 227 g/mol. The fraction of sp³-hybridized carbons (Fsp3) is 0.273. The van der Waals surface area contributed by atoms with Gasteiger partial charge in [-0.3, -0.25) is 10.1 Å². The molecule has 0 saturated heterocycles. The van der Waals surface area contributed by atoms with E-state index < -0.39 is 10.7 Å². The number of hydrogen-bond donors (Lipinski definition) is 1. The normalized spacial score (nSPS) is 10.0. The summed E-state index contributed by atoms with van der Waals surface area (Å²) in [6.45, 7) is 4.44. The average molecular weight is 240 g/mol. The highest BCUT2D eigenvalue weighted by Gasteiger charge is 2.11. The highest BCUT2D eigenvalue weighted by molar-refractivity contribution is 5.37. The van der Waals surface area contributed by atoms with Crippen molar-refractivity contribution < 1.29 is 14.1 Å². The van der Waals surface area contributed by atoms with E-state index in [1.165, 1.54) is 12.1 Å². The molecule has 0 amide bonds. The molecule has 1 rings (SSSR count). The molecule has 1 N–H and O–H groups in total. The maximum atomic E-state index is 13.4. The third-order valence-corrected chi connectivity index (χ3v) is 1.98. The number of rotatable bonds is 6. The molecule has 6 heteroatoms. The lowest BCUT2D eigenvalue weighted by Gasteiger charge is -2.08. The molecule has 0 bridgehead atoms. The van der Waals surface area contributed by atoms with E-state index in [4.69, 9.17) is 4.74 Å². The number of ether oxygens (including phenoxy) is 1. The van der Waals surface area contributed by atoms with Gasteiger partial charge in [-0.25, -0.2) is 4.39 Å². The van der Waals surface area contributed by atoms with Crippen LogP contribution >= 0.6 is 0 Å². The molecule has 5 nitrogen and oxygen atoms in total. The van der Waals surface area contributed by atoms with E-state index >= 15 is 0 Å². The molecule has 0 unspecified atom stereocenters. The van der Waals surface area contributed by atoms with Crippen LogP contribution in [0.25, 0.3) is 0 Å². The van der Waals surface area contributed by atoms with Gasteiger partial charge >= 0.3 is 0 Å². The van der Waals surface area contributed by atoms with Gasteiger partial charge in [0.2, 0.25) is 0 Å². The summed E-state index contributed by atoms with van der Waals surface area (Å²) in [4.78, 5) is 9.73. The maximum absolute atomic E-state index is 13.4. The summed E-state index contributed by atoms with van der Waals surface area (Å²) in [5.41, 5.74) is 0.453. The molecule has 92 valence electrons. The standard InChI is InChI=1S/C11H13FN2O3/c1-8(6-13-2)7-17-11-4-3-9(14(15)16)5-10(11)12/h3-5,13H,1,6-7H2,2H3. The maximum Gasteiger partial charge on any atom is 0.272 e. The van der Waals surface area contributed by atoms with Gasteiger partial charge in [0, 0.05) is 12.6 Å². The highest BCUT2D eigenvalue weighted by Crippen LogP contribution is 2.22. The van der Waals surface area contributed by atoms with Crippen molar-refractivity contribution in [3.05, 3.63) is 46.3 Å². The van der Waals surface area contributed by atoms with E-state index in [2.05, 4.69) is 11.9 Å². The van der Waals surface area contributed by atoms with Gasteiger partial charge < -0.3 is 10.1 Å². The molecule has 1 aromatic carbocycles. The number of nitro benzene ring substituents is 1. The number of halogens is 1. The van der Waals surface area contributed by atoms with Gasteiger partial charge in [-0.2, -0.15) is 0 Å². The number of likely N-dealkylation sites (N-methyl/N-ethyl adjacent to an activating group) is 1. The predicted octanol–water partition coefficient (Wildman–Crippen LogP) is 1.89. The van der Waals surface area contributed by atoms with Crippen LogP contribution in [0.1, 0.15) is 0 Å². The van der Waals surface area contributed by atoms with Gasteiger partial charge in [-0.15, -0.1) is 0 Å². The quantitative estimate of drug-likeness (QED) is 0.468. The van der Waals surface area contributed by atoms with Crippen molar-refractivity contribution in [3.8, 4) is 5.75 Å². The van der Waals surface area contributed by atoms with Crippen molar-refractivity contribution in [3.63, 3.8) is 0 Å². The zero-order valence-electron chi connectivity index (χ0n) is 9.40. The van der Waals surface area contributed by atoms with Gasteiger partial charge in [0.1, 0.15) is 6.61 Å². The number of hydrogen-bond acceptors (Lipinski definition) is 4. The Balaban J connectivity index is 2.66. The lowest BCUT2D eigenvalue weighted by Crippen LogP contribution is -2.14. The van der Waals surface area contributed by atoms with Crippen LogP contribution < -0.4 is 10.1 Å². The first-order chi connectivity index (χ1) is 8.04. The van der Waals surface area contributed by atoms with Crippen LogP contribution in [0.4, 0.5) is 10.1 Å². The van der Waals surface area contributed by atoms with Crippen LogP contribution in [0.15, 0.2) is 30.4 Å². The van der Waals surface area contributed by atoms with Crippen LogP contribution in [0.3, 0.4) is 0 Å². The summed E-state index contributed by atoms with van der Waals surface area (Å²) in [5, 5.41) is 13.3. The molecule has 0 heterocycles. The Labute approximate surface area is 98.0 Å². The summed E-state index contributed by atoms with van der Waals surface area (Å²) in [6.07, 6.45) is 0. The van der Waals surface area contributed by atoms with Crippen molar-refractivity contribution in [1.29, 1.82) is 0 Å². The summed E-state index contributed by atoms with van der Waals surface area (Å²) in [5.74, 6) is -0.774. The van der Waals surface area contributed by atoms with E-state index in [1.54, 1.807) is 7.05 Å². The minimum atomic E-state index is -0.753. The van der Waals surface area contributed by atoms with Gasteiger partial charge in [0.05, 0.1) is 11.0 Å². The highest BCUT2D eigenvalue weighted by atomic mass is 19.1. The van der Waals surface area contributed by atoms with Crippen LogP contribution in [-0.2, 0) is 0 Å². The van der Waals surface area contributed by atoms with Crippen molar-refractivity contribution in [2.24, 2.45) is 0 Å². The van der Waals surface area contributed by atoms with Gasteiger partial charge in [0.25, 0.3) is 5.69 Å². The second kappa shape index (κ2) is 5.95. The third-order valence-electron chi connectivity index (χ3n) is 1.98. The van der Waals surface area contributed by atoms with Crippen LogP contribution in [0.5, 0.6) is 5.75 Å². The lowest BCUT2D eigenvalue weighted by molar-refractivity contribution is -0.385. The van der Waals surface area contributed by atoms with E-state index in [0.29, 0.717) is 6.54 Å². The number of non-ortho nitro benzene ring substituents is 1. The predicted molar refractivity (Wildman–Crippen MR) is 61.6 cm³/mol. The molecule has 0 aliphatic carbocycles. The summed E-state index contributed by atoms with van der Waals surface area (Å²) in [6, 6.07) is 3.26. The van der Waals surface area contributed by atoms with E-state index in [-0.39, 0.29) is 18.0 Å². The summed E-state index contributed by atoms with van der Waals surface area (Å²) in [7, 11) is 1.76. The monoisotopic (exact) mass is 240 g/mol.